The number of hydrogen-bond donors (Lipinski definition) is 2. The van der Waals surface area contributed by atoms with E-state index in [1.165, 1.54) is 0 Å². The Morgan fingerprint density at radius 3 is 2.58 bits per heavy atom. The molecule has 0 amide bonds. The van der Waals surface area contributed by atoms with Crippen LogP contribution in [0.2, 0.25) is 0 Å². The smallest absolute Gasteiger partial charge is 0.167 e. The Bertz CT molecular complexity index is 241. The van der Waals surface area contributed by atoms with Crippen molar-refractivity contribution < 1.29 is 0 Å². The van der Waals surface area contributed by atoms with Crippen molar-refractivity contribution in [2.75, 3.05) is 0 Å². The molecule has 1 aromatic heterocycles. The van der Waals surface area contributed by atoms with Crippen LogP contribution >= 0.6 is 0 Å². The summed E-state index contributed by atoms with van der Waals surface area (Å²) in [6, 6.07) is -0.0541. The van der Waals surface area contributed by atoms with Gasteiger partial charge in [-0.05, 0) is 5.92 Å². The first-order valence-electron chi connectivity index (χ1n) is 4.32. The van der Waals surface area contributed by atoms with E-state index < -0.39 is 0 Å². The summed E-state index contributed by atoms with van der Waals surface area (Å²) in [6.07, 6.45) is 0.873. The zero-order valence-corrected chi connectivity index (χ0v) is 7.83. The van der Waals surface area contributed by atoms with Crippen LogP contribution in [0, 0.1) is 5.92 Å². The molecule has 0 bridgehead atoms. The normalized spacial score (nSPS) is 13.8. The minimum atomic E-state index is -0.0541. The fraction of sp³-hybridized carbons (Fsp3) is 0.750. The quantitative estimate of drug-likeness (QED) is 0.708. The summed E-state index contributed by atoms with van der Waals surface area (Å²) in [5, 5.41) is 6.90. The minimum Gasteiger partial charge on any atom is -0.321 e. The van der Waals surface area contributed by atoms with Gasteiger partial charge in [0.25, 0.3) is 0 Å². The molecule has 4 heteroatoms. The van der Waals surface area contributed by atoms with Gasteiger partial charge < -0.3 is 5.73 Å². The molecular weight excluding hydrogens is 152 g/mol. The SMILES string of the molecule is CCc1nc([C@H](N)C(C)C)n[nH]1. The number of rotatable bonds is 3. The Morgan fingerprint density at radius 1 is 1.50 bits per heavy atom. The summed E-state index contributed by atoms with van der Waals surface area (Å²) in [5.74, 6) is 2.01. The van der Waals surface area contributed by atoms with Gasteiger partial charge in [0.1, 0.15) is 5.82 Å². The maximum atomic E-state index is 5.86. The lowest BCUT2D eigenvalue weighted by Gasteiger charge is -2.10. The number of aryl methyl sites for hydroxylation is 1. The first-order valence-corrected chi connectivity index (χ1v) is 4.32. The third-order valence-corrected chi connectivity index (χ3v) is 1.90. The topological polar surface area (TPSA) is 67.6 Å². The highest BCUT2D eigenvalue weighted by atomic mass is 15.2. The molecule has 1 rings (SSSR count). The van der Waals surface area contributed by atoms with Crippen molar-refractivity contribution in [3.8, 4) is 0 Å². The molecule has 0 aliphatic heterocycles. The Balaban J connectivity index is 2.74. The van der Waals surface area contributed by atoms with Crippen LogP contribution in [-0.4, -0.2) is 15.2 Å². The van der Waals surface area contributed by atoms with E-state index in [2.05, 4.69) is 29.0 Å². The predicted molar refractivity (Wildman–Crippen MR) is 47.5 cm³/mol. The van der Waals surface area contributed by atoms with Gasteiger partial charge in [-0.3, -0.25) is 5.10 Å². The molecule has 0 spiro atoms. The predicted octanol–water partition coefficient (Wildman–Crippen LogP) is 1.02. The van der Waals surface area contributed by atoms with Crippen LogP contribution < -0.4 is 5.73 Å². The molecule has 68 valence electrons. The molecule has 0 saturated heterocycles. The number of hydrogen-bond acceptors (Lipinski definition) is 3. The average Bonchev–Trinajstić information content (AvgIpc) is 2.50. The Hall–Kier alpha value is -0.900. The summed E-state index contributed by atoms with van der Waals surface area (Å²) in [4.78, 5) is 4.26. The molecule has 0 saturated carbocycles. The first kappa shape index (κ1) is 9.19. The van der Waals surface area contributed by atoms with E-state index in [4.69, 9.17) is 5.73 Å². The standard InChI is InChI=1S/C8H16N4/c1-4-6-10-8(12-11-6)7(9)5(2)3/h5,7H,4,9H2,1-3H3,(H,10,11,12)/t7-/m1/s1. The fourth-order valence-corrected chi connectivity index (χ4v) is 0.915. The highest BCUT2D eigenvalue weighted by Gasteiger charge is 2.14. The average molecular weight is 168 g/mol. The Labute approximate surface area is 72.6 Å². The maximum Gasteiger partial charge on any atom is 0.167 e. The van der Waals surface area contributed by atoms with Crippen molar-refractivity contribution in [1.82, 2.24) is 15.2 Å². The highest BCUT2D eigenvalue weighted by molar-refractivity contribution is 4.96. The molecule has 0 fully saturated rings. The molecule has 1 aromatic rings. The van der Waals surface area contributed by atoms with Crippen molar-refractivity contribution in [2.24, 2.45) is 11.7 Å². The van der Waals surface area contributed by atoms with Gasteiger partial charge in [-0.15, -0.1) is 0 Å². The van der Waals surface area contributed by atoms with Gasteiger partial charge in [-0.25, -0.2) is 4.98 Å². The zero-order chi connectivity index (χ0) is 9.14. The van der Waals surface area contributed by atoms with Crippen LogP contribution in [-0.2, 0) is 6.42 Å². The van der Waals surface area contributed by atoms with E-state index in [0.29, 0.717) is 5.92 Å². The molecule has 0 aromatic carbocycles. The van der Waals surface area contributed by atoms with E-state index >= 15 is 0 Å². The summed E-state index contributed by atoms with van der Waals surface area (Å²) >= 11 is 0. The van der Waals surface area contributed by atoms with Gasteiger partial charge in [-0.1, -0.05) is 20.8 Å². The van der Waals surface area contributed by atoms with E-state index in [-0.39, 0.29) is 6.04 Å². The second-order valence-electron chi connectivity index (χ2n) is 3.26. The highest BCUT2D eigenvalue weighted by Crippen LogP contribution is 2.14. The zero-order valence-electron chi connectivity index (χ0n) is 7.83. The van der Waals surface area contributed by atoms with Crippen LogP contribution in [0.4, 0.5) is 0 Å². The van der Waals surface area contributed by atoms with E-state index in [9.17, 15) is 0 Å². The number of aromatic nitrogens is 3. The van der Waals surface area contributed by atoms with Crippen molar-refractivity contribution in [1.29, 1.82) is 0 Å². The molecule has 1 heterocycles. The lowest BCUT2D eigenvalue weighted by Crippen LogP contribution is -2.18. The number of nitrogens with two attached hydrogens (primary N) is 1. The number of aromatic amines is 1. The molecule has 0 aliphatic carbocycles. The first-order chi connectivity index (χ1) is 5.65. The van der Waals surface area contributed by atoms with Gasteiger partial charge in [-0.2, -0.15) is 5.10 Å². The number of nitrogens with one attached hydrogen (secondary N) is 1. The van der Waals surface area contributed by atoms with Gasteiger partial charge in [0, 0.05) is 6.42 Å². The third kappa shape index (κ3) is 1.82. The van der Waals surface area contributed by atoms with Crippen LogP contribution in [0.1, 0.15) is 38.5 Å². The van der Waals surface area contributed by atoms with Gasteiger partial charge in [0.05, 0.1) is 6.04 Å². The van der Waals surface area contributed by atoms with Crippen molar-refractivity contribution >= 4 is 0 Å². The number of H-pyrrole nitrogens is 1. The van der Waals surface area contributed by atoms with Gasteiger partial charge >= 0.3 is 0 Å². The summed E-state index contributed by atoms with van der Waals surface area (Å²) in [7, 11) is 0. The second kappa shape index (κ2) is 3.67. The lowest BCUT2D eigenvalue weighted by molar-refractivity contribution is 0.491. The minimum absolute atomic E-state index is 0.0541. The van der Waals surface area contributed by atoms with Crippen LogP contribution in [0.25, 0.3) is 0 Å². The molecule has 4 nitrogen and oxygen atoms in total. The Kier molecular flexibility index (Phi) is 2.81. The summed E-state index contributed by atoms with van der Waals surface area (Å²) in [6.45, 7) is 6.16. The monoisotopic (exact) mass is 168 g/mol. The molecule has 12 heavy (non-hydrogen) atoms. The molecular formula is C8H16N4. The van der Waals surface area contributed by atoms with Crippen molar-refractivity contribution in [3.63, 3.8) is 0 Å². The largest absolute Gasteiger partial charge is 0.321 e. The molecule has 0 unspecified atom stereocenters. The van der Waals surface area contributed by atoms with Gasteiger partial charge in [0.2, 0.25) is 0 Å². The Morgan fingerprint density at radius 2 is 2.17 bits per heavy atom. The number of nitrogens with zero attached hydrogens (tertiary/aromatic N) is 2. The molecule has 0 radical (unpaired) electrons. The van der Waals surface area contributed by atoms with Crippen LogP contribution in [0.3, 0.4) is 0 Å². The van der Waals surface area contributed by atoms with Crippen molar-refractivity contribution in [2.45, 2.75) is 33.2 Å². The fourth-order valence-electron chi connectivity index (χ4n) is 0.915. The van der Waals surface area contributed by atoms with E-state index in [1.807, 2.05) is 6.92 Å². The third-order valence-electron chi connectivity index (χ3n) is 1.90. The summed E-state index contributed by atoms with van der Waals surface area (Å²) < 4.78 is 0. The van der Waals surface area contributed by atoms with Gasteiger partial charge in [0.15, 0.2) is 5.82 Å². The van der Waals surface area contributed by atoms with E-state index in [0.717, 1.165) is 18.1 Å². The van der Waals surface area contributed by atoms with Crippen LogP contribution in [0.5, 0.6) is 0 Å². The lowest BCUT2D eigenvalue weighted by atomic mass is 10.1. The van der Waals surface area contributed by atoms with Crippen LogP contribution in [0.15, 0.2) is 0 Å². The molecule has 1 atom stereocenters. The van der Waals surface area contributed by atoms with E-state index in [1.54, 1.807) is 0 Å². The van der Waals surface area contributed by atoms with Crippen molar-refractivity contribution in [3.05, 3.63) is 11.6 Å². The molecule has 3 N–H and O–H groups in total. The second-order valence-corrected chi connectivity index (χ2v) is 3.26. The summed E-state index contributed by atoms with van der Waals surface area (Å²) in [5.41, 5.74) is 5.86. The molecule has 0 aliphatic rings. The maximum absolute atomic E-state index is 5.86.